The van der Waals surface area contributed by atoms with Crippen LogP contribution in [-0.2, 0) is 15.7 Å². The van der Waals surface area contributed by atoms with Gasteiger partial charge in [-0.25, -0.2) is 4.39 Å². The topological polar surface area (TPSA) is 65.8 Å². The number of nitriles is 1. The third kappa shape index (κ3) is 4.66. The highest BCUT2D eigenvalue weighted by Crippen LogP contribution is 2.40. The number of nitrogens with zero attached hydrogens (tertiary/aromatic N) is 3. The second-order valence-corrected chi connectivity index (χ2v) is 9.21. The van der Waals surface area contributed by atoms with E-state index >= 15 is 0 Å². The Labute approximate surface area is 210 Å². The Morgan fingerprint density at radius 1 is 1.22 bits per heavy atom. The average Bonchev–Trinajstić information content (AvgIpc) is 3.39. The number of carbonyl (C=O) groups excluding carboxylic acids is 1. The average molecular weight is 520 g/mol. The molecule has 2 fully saturated rings. The van der Waals surface area contributed by atoms with Gasteiger partial charge < -0.3 is 14.4 Å². The molecule has 188 valence electrons. The fourth-order valence-electron chi connectivity index (χ4n) is 4.11. The van der Waals surface area contributed by atoms with Crippen LogP contribution >= 0.6 is 12.2 Å². The van der Waals surface area contributed by atoms with E-state index in [1.54, 1.807) is 6.08 Å². The first-order valence-corrected chi connectivity index (χ1v) is 11.4. The lowest BCUT2D eigenvalue weighted by Crippen LogP contribution is -2.44. The number of ether oxygens (including phenoxy) is 2. The van der Waals surface area contributed by atoms with Gasteiger partial charge in [-0.3, -0.25) is 9.69 Å². The lowest BCUT2D eigenvalue weighted by atomic mass is 10.0. The molecule has 36 heavy (non-hydrogen) atoms. The van der Waals surface area contributed by atoms with Gasteiger partial charge in [0.05, 0.1) is 35.8 Å². The van der Waals surface area contributed by atoms with Crippen LogP contribution < -0.4 is 14.5 Å². The van der Waals surface area contributed by atoms with Gasteiger partial charge in [-0.2, -0.15) is 18.4 Å². The van der Waals surface area contributed by atoms with Crippen molar-refractivity contribution in [1.29, 1.82) is 5.26 Å². The molecule has 1 atom stereocenters. The molecule has 0 aliphatic carbocycles. The quantitative estimate of drug-likeness (QED) is 0.293. The van der Waals surface area contributed by atoms with Gasteiger partial charge in [0.15, 0.2) is 16.7 Å². The molecule has 4 rings (SSSR count). The molecule has 1 amide bonds. The summed E-state index contributed by atoms with van der Waals surface area (Å²) < 4.78 is 66.0. The molecule has 1 unspecified atom stereocenters. The highest BCUT2D eigenvalue weighted by Gasteiger charge is 2.50. The summed E-state index contributed by atoms with van der Waals surface area (Å²) in [5.74, 6) is -1.15. The number of alkyl halides is 3. The van der Waals surface area contributed by atoms with E-state index in [0.717, 1.165) is 23.5 Å². The van der Waals surface area contributed by atoms with Gasteiger partial charge in [0.2, 0.25) is 0 Å². The Bertz CT molecular complexity index is 1280. The van der Waals surface area contributed by atoms with Crippen LogP contribution in [0, 0.1) is 23.1 Å². The third-order valence-electron chi connectivity index (χ3n) is 6.04. The number of rotatable bonds is 5. The fraction of sp³-hybridized carbons (Fsp3) is 0.320. The van der Waals surface area contributed by atoms with Crippen LogP contribution in [-0.4, -0.2) is 29.8 Å². The lowest BCUT2D eigenvalue weighted by molar-refractivity contribution is -0.137. The van der Waals surface area contributed by atoms with Crippen LogP contribution in [0.2, 0.25) is 0 Å². The molecule has 2 saturated heterocycles. The summed E-state index contributed by atoms with van der Waals surface area (Å²) in [7, 11) is 0. The number of amides is 1. The van der Waals surface area contributed by atoms with E-state index in [9.17, 15) is 22.4 Å². The minimum atomic E-state index is -4.81. The number of halogens is 4. The fourth-order valence-corrected chi connectivity index (χ4v) is 4.63. The SMILES string of the molecule is CC1(C)C(=O)N(c2ccc(C#N)c(C(F)(F)F)c2)C(=S)N1c1ccc(OC=CC2CCOC2)c(F)c1. The molecule has 2 aliphatic heterocycles. The Morgan fingerprint density at radius 3 is 2.56 bits per heavy atom. The van der Waals surface area contributed by atoms with Gasteiger partial charge in [-0.15, -0.1) is 0 Å². The minimum Gasteiger partial charge on any atom is -0.462 e. The first kappa shape index (κ1) is 25.6. The van der Waals surface area contributed by atoms with Crippen molar-refractivity contribution in [1.82, 2.24) is 0 Å². The molecule has 2 heterocycles. The molecule has 0 aromatic heterocycles. The van der Waals surface area contributed by atoms with Gasteiger partial charge in [-0.1, -0.05) is 0 Å². The monoisotopic (exact) mass is 519 g/mol. The maximum Gasteiger partial charge on any atom is 0.417 e. The normalized spacial score (nSPS) is 19.9. The lowest BCUT2D eigenvalue weighted by Gasteiger charge is -2.29. The van der Waals surface area contributed by atoms with Crippen molar-refractivity contribution in [2.24, 2.45) is 5.92 Å². The van der Waals surface area contributed by atoms with E-state index < -0.39 is 34.6 Å². The number of hydrogen-bond donors (Lipinski definition) is 0. The highest BCUT2D eigenvalue weighted by molar-refractivity contribution is 7.81. The number of hydrogen-bond acceptors (Lipinski definition) is 5. The third-order valence-corrected chi connectivity index (χ3v) is 6.40. The standard InChI is InChI=1S/C25H21F4N3O3S/c1-24(2)22(33)31(17-4-3-16(13-30)19(11-17)25(27,28)29)23(36)32(24)18-5-6-21(20(26)12-18)35-10-8-15-7-9-34-14-15/h3-6,8,10-12,15H,7,9,14H2,1-2H3. The number of carbonyl (C=O) groups is 1. The molecule has 0 saturated carbocycles. The minimum absolute atomic E-state index is 0.0399. The van der Waals surface area contributed by atoms with Crippen molar-refractivity contribution in [3.8, 4) is 11.8 Å². The van der Waals surface area contributed by atoms with Crippen molar-refractivity contribution in [2.75, 3.05) is 23.0 Å². The summed E-state index contributed by atoms with van der Waals surface area (Å²) >= 11 is 5.47. The Balaban J connectivity index is 1.63. The molecule has 11 heteroatoms. The molecule has 6 nitrogen and oxygen atoms in total. The number of benzene rings is 2. The van der Waals surface area contributed by atoms with Crippen molar-refractivity contribution in [2.45, 2.75) is 32.0 Å². The Hall–Kier alpha value is -3.49. The van der Waals surface area contributed by atoms with Crippen molar-refractivity contribution in [3.05, 3.63) is 65.7 Å². The summed E-state index contributed by atoms with van der Waals surface area (Å²) in [4.78, 5) is 15.6. The van der Waals surface area contributed by atoms with E-state index in [2.05, 4.69) is 0 Å². The van der Waals surface area contributed by atoms with Crippen LogP contribution in [0.4, 0.5) is 28.9 Å². The zero-order chi connectivity index (χ0) is 26.3. The molecular formula is C25H21F4N3O3S. The summed E-state index contributed by atoms with van der Waals surface area (Å²) in [5, 5.41) is 8.93. The molecular weight excluding hydrogens is 498 g/mol. The number of anilines is 2. The predicted molar refractivity (Wildman–Crippen MR) is 128 cm³/mol. The zero-order valence-electron chi connectivity index (χ0n) is 19.3. The van der Waals surface area contributed by atoms with Crippen LogP contribution in [0.1, 0.15) is 31.4 Å². The second-order valence-electron chi connectivity index (χ2n) is 8.84. The Kier molecular flexibility index (Phi) is 6.77. The molecule has 2 aromatic carbocycles. The van der Waals surface area contributed by atoms with Gasteiger partial charge in [0, 0.05) is 24.3 Å². The molecule has 0 spiro atoms. The van der Waals surface area contributed by atoms with Crippen molar-refractivity contribution >= 4 is 34.6 Å². The molecule has 0 N–H and O–H groups in total. The van der Waals surface area contributed by atoms with E-state index in [0.29, 0.717) is 19.3 Å². The van der Waals surface area contributed by atoms with Crippen molar-refractivity contribution < 1.29 is 31.8 Å². The van der Waals surface area contributed by atoms with E-state index in [-0.39, 0.29) is 28.2 Å². The van der Waals surface area contributed by atoms with Crippen LogP contribution in [0.15, 0.2) is 48.7 Å². The predicted octanol–water partition coefficient (Wildman–Crippen LogP) is 5.56. The molecule has 2 aromatic rings. The first-order chi connectivity index (χ1) is 16.9. The second kappa shape index (κ2) is 9.52. The van der Waals surface area contributed by atoms with Gasteiger partial charge in [0.1, 0.15) is 5.54 Å². The Morgan fingerprint density at radius 2 is 1.94 bits per heavy atom. The van der Waals surface area contributed by atoms with E-state index in [4.69, 9.17) is 27.0 Å². The maximum absolute atomic E-state index is 14.9. The summed E-state index contributed by atoms with van der Waals surface area (Å²) in [5.41, 5.74) is -3.01. The number of thiocarbonyl (C=S) groups is 1. The summed E-state index contributed by atoms with van der Waals surface area (Å²) in [6, 6.07) is 8.46. The van der Waals surface area contributed by atoms with E-state index in [1.807, 2.05) is 0 Å². The van der Waals surface area contributed by atoms with Crippen LogP contribution in [0.25, 0.3) is 0 Å². The van der Waals surface area contributed by atoms with Gasteiger partial charge in [-0.05, 0) is 68.9 Å². The van der Waals surface area contributed by atoms with Gasteiger partial charge in [0.25, 0.3) is 5.91 Å². The molecule has 2 aliphatic rings. The van der Waals surface area contributed by atoms with Crippen LogP contribution in [0.5, 0.6) is 5.75 Å². The molecule has 0 bridgehead atoms. The first-order valence-electron chi connectivity index (χ1n) is 11.0. The largest absolute Gasteiger partial charge is 0.462 e. The highest BCUT2D eigenvalue weighted by atomic mass is 32.1. The summed E-state index contributed by atoms with van der Waals surface area (Å²) in [6.07, 6.45) is -0.755. The summed E-state index contributed by atoms with van der Waals surface area (Å²) in [6.45, 7) is 4.31. The van der Waals surface area contributed by atoms with Crippen LogP contribution in [0.3, 0.4) is 0 Å². The van der Waals surface area contributed by atoms with E-state index in [1.165, 1.54) is 49.3 Å². The maximum atomic E-state index is 14.9. The molecule has 0 radical (unpaired) electrons. The smallest absolute Gasteiger partial charge is 0.417 e. The van der Waals surface area contributed by atoms with Gasteiger partial charge >= 0.3 is 6.18 Å². The van der Waals surface area contributed by atoms with Crippen molar-refractivity contribution in [3.63, 3.8) is 0 Å². The zero-order valence-corrected chi connectivity index (χ0v) is 20.1.